The van der Waals surface area contributed by atoms with E-state index in [0.717, 1.165) is 26.2 Å². The Bertz CT molecular complexity index is 1390. The van der Waals surface area contributed by atoms with Crippen molar-refractivity contribution in [2.75, 3.05) is 18.0 Å². The summed E-state index contributed by atoms with van der Waals surface area (Å²) < 4.78 is 33.3. The molecule has 0 bridgehead atoms. The molecular formula is C27H26N2O4S. The molecule has 0 aliphatic rings. The molecule has 1 amide bonds. The number of ether oxygens (including phenoxy) is 1. The summed E-state index contributed by atoms with van der Waals surface area (Å²) in [5.74, 6) is 0.152. The highest BCUT2D eigenvalue weighted by atomic mass is 32.2. The van der Waals surface area contributed by atoms with Crippen LogP contribution in [0.4, 0.5) is 5.69 Å². The van der Waals surface area contributed by atoms with Crippen molar-refractivity contribution in [1.82, 2.24) is 5.32 Å². The number of aryl methyl sites for hydroxylation is 1. The van der Waals surface area contributed by atoms with Crippen molar-refractivity contribution in [2.45, 2.75) is 18.4 Å². The first-order valence-electron chi connectivity index (χ1n) is 10.9. The van der Waals surface area contributed by atoms with E-state index in [0.29, 0.717) is 18.0 Å². The average Bonchev–Trinajstić information content (AvgIpc) is 2.86. The Labute approximate surface area is 199 Å². The van der Waals surface area contributed by atoms with E-state index in [9.17, 15) is 13.2 Å². The summed E-state index contributed by atoms with van der Waals surface area (Å²) in [5, 5.41) is 5.01. The molecule has 0 heterocycles. The Balaban J connectivity index is 1.59. The summed E-state index contributed by atoms with van der Waals surface area (Å²) in [4.78, 5) is 13.0. The Kier molecular flexibility index (Phi) is 6.84. The van der Waals surface area contributed by atoms with E-state index in [1.54, 1.807) is 24.3 Å². The molecule has 4 rings (SSSR count). The number of hydrogen-bond donors (Lipinski definition) is 1. The normalized spacial score (nSPS) is 11.2. The predicted molar refractivity (Wildman–Crippen MR) is 134 cm³/mol. The minimum Gasteiger partial charge on any atom is -0.497 e. The molecule has 34 heavy (non-hydrogen) atoms. The van der Waals surface area contributed by atoms with Gasteiger partial charge in [-0.1, -0.05) is 60.2 Å². The first-order chi connectivity index (χ1) is 16.4. The van der Waals surface area contributed by atoms with Gasteiger partial charge in [-0.15, -0.1) is 0 Å². The van der Waals surface area contributed by atoms with Crippen LogP contribution in [0, 0.1) is 6.92 Å². The van der Waals surface area contributed by atoms with Crippen LogP contribution in [0.25, 0.3) is 10.8 Å². The first kappa shape index (κ1) is 23.3. The van der Waals surface area contributed by atoms with Gasteiger partial charge in [0.05, 0.1) is 17.7 Å². The second-order valence-corrected chi connectivity index (χ2v) is 9.80. The van der Waals surface area contributed by atoms with Gasteiger partial charge in [-0.2, -0.15) is 0 Å². The lowest BCUT2D eigenvalue weighted by molar-refractivity contribution is -0.119. The smallest absolute Gasteiger partial charge is 0.264 e. The summed E-state index contributed by atoms with van der Waals surface area (Å²) in [7, 11) is -2.47. The number of methoxy groups -OCH3 is 1. The molecule has 0 radical (unpaired) electrons. The highest BCUT2D eigenvalue weighted by Gasteiger charge is 2.27. The molecule has 0 saturated heterocycles. The third-order valence-corrected chi connectivity index (χ3v) is 7.40. The molecule has 0 saturated carbocycles. The van der Waals surface area contributed by atoms with Crippen molar-refractivity contribution in [3.05, 3.63) is 102 Å². The molecule has 0 atom stereocenters. The van der Waals surface area contributed by atoms with E-state index in [4.69, 9.17) is 4.74 Å². The second kappa shape index (κ2) is 9.97. The number of nitrogens with zero attached hydrogens (tertiary/aromatic N) is 1. The molecule has 0 aliphatic heterocycles. The monoisotopic (exact) mass is 474 g/mol. The fourth-order valence-electron chi connectivity index (χ4n) is 3.73. The third kappa shape index (κ3) is 5.05. The number of hydrogen-bond acceptors (Lipinski definition) is 4. The summed E-state index contributed by atoms with van der Waals surface area (Å²) in [6.07, 6.45) is 0. The van der Waals surface area contributed by atoms with Crippen molar-refractivity contribution in [3.8, 4) is 5.75 Å². The van der Waals surface area contributed by atoms with E-state index in [1.165, 1.54) is 19.2 Å². The maximum atomic E-state index is 13.5. The average molecular weight is 475 g/mol. The van der Waals surface area contributed by atoms with E-state index in [2.05, 4.69) is 5.32 Å². The van der Waals surface area contributed by atoms with Crippen molar-refractivity contribution in [3.63, 3.8) is 0 Å². The van der Waals surface area contributed by atoms with E-state index < -0.39 is 15.9 Å². The molecule has 0 aromatic heterocycles. The van der Waals surface area contributed by atoms with Gasteiger partial charge in [-0.25, -0.2) is 8.42 Å². The van der Waals surface area contributed by atoms with Gasteiger partial charge in [-0.3, -0.25) is 9.10 Å². The van der Waals surface area contributed by atoms with Gasteiger partial charge in [0, 0.05) is 6.54 Å². The number of sulfonamides is 1. The maximum Gasteiger partial charge on any atom is 0.264 e. The van der Waals surface area contributed by atoms with Crippen LogP contribution >= 0.6 is 0 Å². The van der Waals surface area contributed by atoms with Gasteiger partial charge in [0.15, 0.2) is 0 Å². The standard InChI is InChI=1S/C27H26N2O4S/c1-20-10-12-23(13-11-20)29(34(31,32)25-16-14-24(33-2)15-17-25)19-27(30)28-18-22-8-5-7-21-6-3-4-9-26(21)22/h3-17H,18-19H2,1-2H3,(H,28,30). The fraction of sp³-hybridized carbons (Fsp3) is 0.148. The van der Waals surface area contributed by atoms with Crippen molar-refractivity contribution < 1.29 is 17.9 Å². The van der Waals surface area contributed by atoms with Gasteiger partial charge in [0.25, 0.3) is 10.0 Å². The third-order valence-electron chi connectivity index (χ3n) is 5.61. The molecule has 174 valence electrons. The lowest BCUT2D eigenvalue weighted by atomic mass is 10.0. The molecule has 0 unspecified atom stereocenters. The summed E-state index contributed by atoms with van der Waals surface area (Å²) in [6, 6.07) is 27.0. The maximum absolute atomic E-state index is 13.5. The number of carbonyl (C=O) groups excluding carboxylic acids is 1. The largest absolute Gasteiger partial charge is 0.497 e. The quantitative estimate of drug-likeness (QED) is 0.403. The van der Waals surface area contributed by atoms with Crippen LogP contribution < -0.4 is 14.4 Å². The molecule has 4 aromatic rings. The van der Waals surface area contributed by atoms with Crippen molar-refractivity contribution in [1.29, 1.82) is 0 Å². The number of amides is 1. The van der Waals surface area contributed by atoms with Gasteiger partial charge in [0.2, 0.25) is 5.91 Å². The van der Waals surface area contributed by atoms with Crippen LogP contribution in [0.5, 0.6) is 5.75 Å². The Morgan fingerprint density at radius 1 is 0.882 bits per heavy atom. The Morgan fingerprint density at radius 2 is 1.56 bits per heavy atom. The molecule has 4 aromatic carbocycles. The fourth-order valence-corrected chi connectivity index (χ4v) is 5.15. The van der Waals surface area contributed by atoms with Gasteiger partial charge in [-0.05, 0) is 59.7 Å². The van der Waals surface area contributed by atoms with Crippen LogP contribution in [0.1, 0.15) is 11.1 Å². The zero-order chi connectivity index (χ0) is 24.1. The lowest BCUT2D eigenvalue weighted by Gasteiger charge is -2.24. The number of carbonyl (C=O) groups is 1. The van der Waals surface area contributed by atoms with Gasteiger partial charge in [0.1, 0.15) is 12.3 Å². The molecule has 0 fully saturated rings. The zero-order valence-electron chi connectivity index (χ0n) is 19.1. The summed E-state index contributed by atoms with van der Waals surface area (Å²) >= 11 is 0. The molecular weight excluding hydrogens is 448 g/mol. The van der Waals surface area contributed by atoms with Crippen LogP contribution in [0.3, 0.4) is 0 Å². The van der Waals surface area contributed by atoms with Crippen molar-refractivity contribution in [2.24, 2.45) is 0 Å². The molecule has 6 nitrogen and oxygen atoms in total. The van der Waals surface area contributed by atoms with E-state index in [1.807, 2.05) is 61.5 Å². The van der Waals surface area contributed by atoms with Gasteiger partial charge >= 0.3 is 0 Å². The Hall–Kier alpha value is -3.84. The topological polar surface area (TPSA) is 75.7 Å². The van der Waals surface area contributed by atoms with Crippen LogP contribution in [-0.2, 0) is 21.4 Å². The van der Waals surface area contributed by atoms with E-state index in [-0.39, 0.29) is 11.4 Å². The minimum atomic E-state index is -3.99. The number of nitrogens with one attached hydrogen (secondary N) is 1. The summed E-state index contributed by atoms with van der Waals surface area (Å²) in [6.45, 7) is 1.87. The molecule has 0 spiro atoms. The zero-order valence-corrected chi connectivity index (χ0v) is 19.9. The number of rotatable bonds is 8. The number of anilines is 1. The highest BCUT2D eigenvalue weighted by molar-refractivity contribution is 7.92. The number of benzene rings is 4. The van der Waals surface area contributed by atoms with Crippen molar-refractivity contribution >= 4 is 32.4 Å². The Morgan fingerprint density at radius 3 is 2.26 bits per heavy atom. The van der Waals surface area contributed by atoms with Gasteiger partial charge < -0.3 is 10.1 Å². The minimum absolute atomic E-state index is 0.0794. The summed E-state index contributed by atoms with van der Waals surface area (Å²) in [5.41, 5.74) is 2.37. The SMILES string of the molecule is COc1ccc(S(=O)(=O)N(CC(=O)NCc2cccc3ccccc23)c2ccc(C)cc2)cc1. The van der Waals surface area contributed by atoms with Crippen LogP contribution in [-0.4, -0.2) is 28.0 Å². The first-order valence-corrected chi connectivity index (χ1v) is 12.3. The molecule has 0 aliphatic carbocycles. The van der Waals surface area contributed by atoms with Crippen LogP contribution in [0.15, 0.2) is 95.9 Å². The molecule has 1 N–H and O–H groups in total. The highest BCUT2D eigenvalue weighted by Crippen LogP contribution is 2.25. The second-order valence-electron chi connectivity index (χ2n) is 7.94. The lowest BCUT2D eigenvalue weighted by Crippen LogP contribution is -2.40. The van der Waals surface area contributed by atoms with Crippen LogP contribution in [0.2, 0.25) is 0 Å². The number of fused-ring (bicyclic) bond motifs is 1. The van der Waals surface area contributed by atoms with E-state index >= 15 is 0 Å². The molecule has 7 heteroatoms. The predicted octanol–water partition coefficient (Wildman–Crippen LogP) is 4.67.